The molecule has 3 N–H and O–H groups in total. The van der Waals surface area contributed by atoms with Crippen molar-refractivity contribution in [2.24, 2.45) is 0 Å². The number of pyridine rings is 2. The molecule has 0 amide bonds. The first kappa shape index (κ1) is 17.0. The molecule has 0 aliphatic rings. The molecule has 0 atom stereocenters. The first-order chi connectivity index (χ1) is 11.8. The number of aromatic nitrogens is 4. The molecule has 3 rings (SSSR count). The highest BCUT2D eigenvalue weighted by molar-refractivity contribution is 7.97. The van der Waals surface area contributed by atoms with Crippen LogP contribution in [0.15, 0.2) is 18.3 Å². The number of anilines is 1. The van der Waals surface area contributed by atoms with E-state index < -0.39 is 0 Å². The first-order valence-electron chi connectivity index (χ1n) is 8.44. The lowest BCUT2D eigenvalue weighted by molar-refractivity contribution is 0.614. The number of nitrogen functional groups attached to an aromatic ring is 1. The Morgan fingerprint density at radius 3 is 2.92 bits per heavy atom. The van der Waals surface area contributed by atoms with Crippen molar-refractivity contribution >= 4 is 39.8 Å². The number of unbranched alkanes of at least 4 members (excludes halogenated alkanes) is 1. The van der Waals surface area contributed by atoms with Crippen LogP contribution >= 0.6 is 11.9 Å². The summed E-state index contributed by atoms with van der Waals surface area (Å²) in [7, 11) is 1.96. The van der Waals surface area contributed by atoms with Crippen LogP contribution in [0.3, 0.4) is 0 Å². The van der Waals surface area contributed by atoms with Gasteiger partial charge < -0.3 is 10.3 Å². The van der Waals surface area contributed by atoms with E-state index in [0.717, 1.165) is 65.9 Å². The van der Waals surface area contributed by atoms with Crippen molar-refractivity contribution in [3.05, 3.63) is 24.2 Å². The Kier molecular flexibility index (Phi) is 5.52. The molecule has 0 aromatic carbocycles. The molecule has 7 heteroatoms. The van der Waals surface area contributed by atoms with Gasteiger partial charge in [-0.2, -0.15) is 0 Å². The number of hydrogen-bond donors (Lipinski definition) is 2. The van der Waals surface area contributed by atoms with Gasteiger partial charge in [0.15, 0.2) is 5.82 Å². The van der Waals surface area contributed by atoms with Gasteiger partial charge in [-0.05, 0) is 38.4 Å². The van der Waals surface area contributed by atoms with Gasteiger partial charge in [-0.1, -0.05) is 18.9 Å². The molecule has 3 aromatic heterocycles. The Morgan fingerprint density at radius 1 is 1.25 bits per heavy atom. The average molecular weight is 344 g/mol. The van der Waals surface area contributed by atoms with Crippen molar-refractivity contribution in [3.63, 3.8) is 0 Å². The molecule has 128 valence electrons. The van der Waals surface area contributed by atoms with Crippen LogP contribution in [0, 0.1) is 0 Å². The molecule has 0 unspecified atom stereocenters. The molecular formula is C17H24N6S. The third-order valence-corrected chi connectivity index (χ3v) is 4.82. The standard InChI is InChI=1S/C17H24N6S/c1-3-7-13-22-15-16(23(13)10-4-5-11-24-19-2)14-12(21-17(15)18)8-6-9-20-14/h6,8-9,19H,3-5,7,10-11H2,1-2H3,(H2,18,21). The Hall–Kier alpha value is -1.86. The highest BCUT2D eigenvalue weighted by atomic mass is 32.2. The van der Waals surface area contributed by atoms with Crippen LogP contribution in [-0.4, -0.2) is 32.3 Å². The van der Waals surface area contributed by atoms with Crippen LogP contribution in [0.1, 0.15) is 32.0 Å². The summed E-state index contributed by atoms with van der Waals surface area (Å²) in [6.07, 6.45) is 6.06. The van der Waals surface area contributed by atoms with E-state index in [9.17, 15) is 0 Å². The molecule has 0 aliphatic carbocycles. The molecule has 0 aliphatic heterocycles. The zero-order valence-electron chi connectivity index (χ0n) is 14.2. The van der Waals surface area contributed by atoms with E-state index in [1.807, 2.05) is 19.2 Å². The van der Waals surface area contributed by atoms with Crippen LogP contribution in [0.2, 0.25) is 0 Å². The molecule has 6 nitrogen and oxygen atoms in total. The van der Waals surface area contributed by atoms with Crippen LogP contribution in [0.4, 0.5) is 5.82 Å². The SMILES string of the molecule is CCCc1nc2c(N)nc3cccnc3c2n1CCCCSNC. The van der Waals surface area contributed by atoms with Crippen LogP contribution in [-0.2, 0) is 13.0 Å². The minimum atomic E-state index is 0.493. The van der Waals surface area contributed by atoms with Crippen molar-refractivity contribution in [3.8, 4) is 0 Å². The molecule has 0 saturated heterocycles. The van der Waals surface area contributed by atoms with E-state index in [4.69, 9.17) is 10.7 Å². The summed E-state index contributed by atoms with van der Waals surface area (Å²) in [6.45, 7) is 3.11. The van der Waals surface area contributed by atoms with Crippen LogP contribution in [0.25, 0.3) is 22.1 Å². The van der Waals surface area contributed by atoms with Crippen molar-refractivity contribution in [1.82, 2.24) is 24.2 Å². The number of nitrogens with one attached hydrogen (secondary N) is 1. The summed E-state index contributed by atoms with van der Waals surface area (Å²) in [5.74, 6) is 2.68. The molecule has 0 spiro atoms. The highest BCUT2D eigenvalue weighted by Crippen LogP contribution is 2.28. The third kappa shape index (κ3) is 3.32. The minimum Gasteiger partial charge on any atom is -0.382 e. The maximum absolute atomic E-state index is 6.17. The second-order valence-corrected chi connectivity index (χ2v) is 6.86. The number of rotatable bonds is 8. The predicted molar refractivity (Wildman–Crippen MR) is 102 cm³/mol. The molecule has 0 radical (unpaired) electrons. The monoisotopic (exact) mass is 344 g/mol. The lowest BCUT2D eigenvalue weighted by Crippen LogP contribution is -2.06. The summed E-state index contributed by atoms with van der Waals surface area (Å²) in [5.41, 5.74) is 9.71. The first-order valence-corrected chi connectivity index (χ1v) is 9.42. The van der Waals surface area contributed by atoms with Crippen LogP contribution < -0.4 is 10.5 Å². The number of aryl methyl sites for hydroxylation is 2. The normalized spacial score (nSPS) is 11.6. The van der Waals surface area contributed by atoms with Gasteiger partial charge in [-0.3, -0.25) is 9.71 Å². The summed E-state index contributed by atoms with van der Waals surface area (Å²) >= 11 is 1.75. The third-order valence-electron chi connectivity index (χ3n) is 4.04. The van der Waals surface area contributed by atoms with Gasteiger partial charge >= 0.3 is 0 Å². The fraction of sp³-hybridized carbons (Fsp3) is 0.471. The zero-order chi connectivity index (χ0) is 16.9. The summed E-state index contributed by atoms with van der Waals surface area (Å²) in [6, 6.07) is 3.85. The molecule has 0 saturated carbocycles. The number of hydrogen-bond acceptors (Lipinski definition) is 6. The van der Waals surface area contributed by atoms with Gasteiger partial charge in [0, 0.05) is 24.9 Å². The maximum atomic E-state index is 6.17. The van der Waals surface area contributed by atoms with Gasteiger partial charge in [0.25, 0.3) is 0 Å². The fourth-order valence-corrected chi connectivity index (χ4v) is 3.52. The lowest BCUT2D eigenvalue weighted by atomic mass is 10.2. The van der Waals surface area contributed by atoms with Crippen LogP contribution in [0.5, 0.6) is 0 Å². The van der Waals surface area contributed by atoms with E-state index in [0.29, 0.717) is 5.82 Å². The van der Waals surface area contributed by atoms with E-state index in [1.54, 1.807) is 18.1 Å². The predicted octanol–water partition coefficient (Wildman–Crippen LogP) is 3.16. The number of fused-ring (bicyclic) bond motifs is 3. The second kappa shape index (κ2) is 7.81. The Bertz CT molecular complexity index is 829. The second-order valence-electron chi connectivity index (χ2n) is 5.75. The fourth-order valence-electron chi connectivity index (χ4n) is 2.97. The van der Waals surface area contributed by atoms with E-state index in [2.05, 4.69) is 26.2 Å². The molecule has 3 aromatic rings. The lowest BCUT2D eigenvalue weighted by Gasteiger charge is -2.10. The molecule has 0 fully saturated rings. The highest BCUT2D eigenvalue weighted by Gasteiger charge is 2.17. The van der Waals surface area contributed by atoms with E-state index >= 15 is 0 Å². The molecule has 3 heterocycles. The van der Waals surface area contributed by atoms with Gasteiger partial charge in [0.05, 0.1) is 5.52 Å². The molecule has 24 heavy (non-hydrogen) atoms. The summed E-state index contributed by atoms with van der Waals surface area (Å²) in [5, 5.41) is 0. The topological polar surface area (TPSA) is 81.7 Å². The van der Waals surface area contributed by atoms with Crippen molar-refractivity contribution in [1.29, 1.82) is 0 Å². The average Bonchev–Trinajstić information content (AvgIpc) is 2.95. The quantitative estimate of drug-likeness (QED) is 0.482. The van der Waals surface area contributed by atoms with Gasteiger partial charge in [0.1, 0.15) is 22.4 Å². The largest absolute Gasteiger partial charge is 0.382 e. The summed E-state index contributed by atoms with van der Waals surface area (Å²) < 4.78 is 5.42. The maximum Gasteiger partial charge on any atom is 0.152 e. The minimum absolute atomic E-state index is 0.493. The van der Waals surface area contributed by atoms with Gasteiger partial charge in [-0.15, -0.1) is 0 Å². The van der Waals surface area contributed by atoms with Crippen molar-refractivity contribution < 1.29 is 0 Å². The smallest absolute Gasteiger partial charge is 0.152 e. The number of nitrogens with two attached hydrogens (primary N) is 1. The molecular weight excluding hydrogens is 320 g/mol. The summed E-state index contributed by atoms with van der Waals surface area (Å²) in [4.78, 5) is 13.8. The zero-order valence-corrected chi connectivity index (χ0v) is 15.1. The Morgan fingerprint density at radius 2 is 2.12 bits per heavy atom. The Balaban J connectivity index is 2.04. The van der Waals surface area contributed by atoms with E-state index in [1.165, 1.54) is 0 Å². The van der Waals surface area contributed by atoms with Gasteiger partial charge in [0.2, 0.25) is 0 Å². The number of imidazole rings is 1. The molecule has 0 bridgehead atoms. The van der Waals surface area contributed by atoms with Crippen molar-refractivity contribution in [2.45, 2.75) is 39.2 Å². The number of nitrogens with zero attached hydrogens (tertiary/aromatic N) is 4. The Labute approximate surface area is 146 Å². The van der Waals surface area contributed by atoms with Gasteiger partial charge in [-0.25, -0.2) is 9.97 Å². The van der Waals surface area contributed by atoms with E-state index in [-0.39, 0.29) is 0 Å². The van der Waals surface area contributed by atoms with Crippen molar-refractivity contribution in [2.75, 3.05) is 18.5 Å².